The van der Waals surface area contributed by atoms with Gasteiger partial charge in [0.1, 0.15) is 17.5 Å². The molecular weight excluding hydrogens is 260 g/mol. The van der Waals surface area contributed by atoms with E-state index >= 15 is 0 Å². The van der Waals surface area contributed by atoms with Crippen LogP contribution in [0.4, 0.5) is 8.78 Å². The average molecular weight is 279 g/mol. The highest BCUT2D eigenvalue weighted by Gasteiger charge is 2.16. The van der Waals surface area contributed by atoms with E-state index in [0.717, 1.165) is 25.0 Å². The van der Waals surface area contributed by atoms with Crippen LogP contribution in [0, 0.1) is 11.6 Å². The molecule has 1 aromatic heterocycles. The summed E-state index contributed by atoms with van der Waals surface area (Å²) < 4.78 is 28.8. The van der Waals surface area contributed by atoms with Crippen molar-refractivity contribution < 1.29 is 8.78 Å². The molecule has 0 fully saturated rings. The van der Waals surface area contributed by atoms with Crippen molar-refractivity contribution in [3.63, 3.8) is 0 Å². The Morgan fingerprint density at radius 2 is 1.90 bits per heavy atom. The first kappa shape index (κ1) is 14.7. The van der Waals surface area contributed by atoms with E-state index in [1.54, 1.807) is 6.20 Å². The fraction of sp³-hybridized carbons (Fsp3) is 0.400. The van der Waals surface area contributed by atoms with Gasteiger partial charge in [0.2, 0.25) is 0 Å². The summed E-state index contributed by atoms with van der Waals surface area (Å²) in [7, 11) is 0. The van der Waals surface area contributed by atoms with Crippen molar-refractivity contribution in [3.8, 4) is 0 Å². The monoisotopic (exact) mass is 279 g/mol. The second-order valence-corrected chi connectivity index (χ2v) is 4.65. The van der Waals surface area contributed by atoms with Gasteiger partial charge in [0.15, 0.2) is 0 Å². The second-order valence-electron chi connectivity index (χ2n) is 4.65. The molecule has 1 N–H and O–H groups in total. The predicted octanol–water partition coefficient (Wildman–Crippen LogP) is 3.07. The van der Waals surface area contributed by atoms with Crippen molar-refractivity contribution in [1.29, 1.82) is 0 Å². The van der Waals surface area contributed by atoms with Crippen LogP contribution >= 0.6 is 0 Å². The summed E-state index contributed by atoms with van der Waals surface area (Å²) in [5, 5.41) is 3.26. The lowest BCUT2D eigenvalue weighted by Gasteiger charge is -2.19. The highest BCUT2D eigenvalue weighted by Crippen LogP contribution is 2.20. The van der Waals surface area contributed by atoms with Crippen LogP contribution in [0.25, 0.3) is 0 Å². The zero-order chi connectivity index (χ0) is 14.5. The highest BCUT2D eigenvalue weighted by atomic mass is 19.1. The summed E-state index contributed by atoms with van der Waals surface area (Å²) in [5.74, 6) is -0.202. The molecule has 2 aromatic rings. The summed E-state index contributed by atoms with van der Waals surface area (Å²) in [6.07, 6.45) is 4.25. The molecule has 2 rings (SSSR count). The van der Waals surface area contributed by atoms with Gasteiger partial charge in [-0.3, -0.25) is 0 Å². The standard InChI is InChI=1S/C15H19F2N3/c1-3-18-14(10-15-19-5-6-20(15)4-2)11-7-12(16)9-13(17)8-11/h5-9,14,18H,3-4,10H2,1-2H3. The molecule has 0 saturated carbocycles. The van der Waals surface area contributed by atoms with Crippen LogP contribution in [-0.2, 0) is 13.0 Å². The number of likely N-dealkylation sites (N-methyl/N-ethyl adjacent to an activating group) is 1. The molecule has 0 saturated heterocycles. The summed E-state index contributed by atoms with van der Waals surface area (Å²) in [6, 6.07) is 3.47. The zero-order valence-corrected chi connectivity index (χ0v) is 11.7. The van der Waals surface area contributed by atoms with Gasteiger partial charge in [-0.25, -0.2) is 13.8 Å². The quantitative estimate of drug-likeness (QED) is 0.880. The van der Waals surface area contributed by atoms with Crippen LogP contribution in [0.15, 0.2) is 30.6 Å². The smallest absolute Gasteiger partial charge is 0.126 e. The molecule has 0 radical (unpaired) electrons. The molecule has 0 bridgehead atoms. The first-order valence-corrected chi connectivity index (χ1v) is 6.83. The third-order valence-electron chi connectivity index (χ3n) is 3.27. The molecule has 3 nitrogen and oxygen atoms in total. The summed E-state index contributed by atoms with van der Waals surface area (Å²) >= 11 is 0. The fourth-order valence-electron chi connectivity index (χ4n) is 2.33. The van der Waals surface area contributed by atoms with Crippen molar-refractivity contribution in [1.82, 2.24) is 14.9 Å². The predicted molar refractivity (Wildman–Crippen MR) is 74.4 cm³/mol. The Morgan fingerprint density at radius 1 is 1.20 bits per heavy atom. The molecule has 0 aliphatic heterocycles. The van der Waals surface area contributed by atoms with Crippen molar-refractivity contribution in [2.45, 2.75) is 32.9 Å². The van der Waals surface area contributed by atoms with Crippen LogP contribution in [0.5, 0.6) is 0 Å². The molecule has 1 atom stereocenters. The maximum Gasteiger partial charge on any atom is 0.126 e. The first-order valence-electron chi connectivity index (χ1n) is 6.83. The van der Waals surface area contributed by atoms with E-state index in [2.05, 4.69) is 10.3 Å². The lowest BCUT2D eigenvalue weighted by molar-refractivity contribution is 0.509. The maximum absolute atomic E-state index is 13.4. The van der Waals surface area contributed by atoms with Crippen LogP contribution in [0.3, 0.4) is 0 Å². The molecule has 108 valence electrons. The molecule has 5 heteroatoms. The van der Waals surface area contributed by atoms with Crippen LogP contribution < -0.4 is 5.32 Å². The number of nitrogens with one attached hydrogen (secondary N) is 1. The Labute approximate surface area is 117 Å². The summed E-state index contributed by atoms with van der Waals surface area (Å²) in [6.45, 7) is 5.55. The van der Waals surface area contributed by atoms with Gasteiger partial charge < -0.3 is 9.88 Å². The lowest BCUT2D eigenvalue weighted by Crippen LogP contribution is -2.24. The number of aromatic nitrogens is 2. The Balaban J connectivity index is 2.26. The Hall–Kier alpha value is -1.75. The Kier molecular flexibility index (Phi) is 4.84. The second kappa shape index (κ2) is 6.61. The number of halogens is 2. The van der Waals surface area contributed by atoms with Gasteiger partial charge in [0.25, 0.3) is 0 Å². The number of imidazole rings is 1. The minimum Gasteiger partial charge on any atom is -0.335 e. The normalized spacial score (nSPS) is 12.6. The number of nitrogens with zero attached hydrogens (tertiary/aromatic N) is 2. The lowest BCUT2D eigenvalue weighted by atomic mass is 10.0. The maximum atomic E-state index is 13.4. The van der Waals surface area contributed by atoms with Crippen LogP contribution in [0.2, 0.25) is 0 Å². The third-order valence-corrected chi connectivity index (χ3v) is 3.27. The number of benzene rings is 1. The van der Waals surface area contributed by atoms with E-state index < -0.39 is 11.6 Å². The number of hydrogen-bond donors (Lipinski definition) is 1. The number of hydrogen-bond acceptors (Lipinski definition) is 2. The topological polar surface area (TPSA) is 29.9 Å². The minimum absolute atomic E-state index is 0.155. The van der Waals surface area contributed by atoms with Gasteiger partial charge >= 0.3 is 0 Å². The van der Waals surface area contributed by atoms with Crippen molar-refractivity contribution in [3.05, 3.63) is 53.6 Å². The molecular formula is C15H19F2N3. The molecule has 0 spiro atoms. The Bertz CT molecular complexity index is 546. The van der Waals surface area contributed by atoms with Crippen molar-refractivity contribution >= 4 is 0 Å². The third kappa shape index (κ3) is 3.42. The number of rotatable bonds is 6. The van der Waals surface area contributed by atoms with Crippen molar-refractivity contribution in [2.24, 2.45) is 0 Å². The molecule has 1 heterocycles. The SMILES string of the molecule is CCNC(Cc1nccn1CC)c1cc(F)cc(F)c1. The molecule has 0 aliphatic rings. The minimum atomic E-state index is -0.554. The molecule has 0 amide bonds. The molecule has 20 heavy (non-hydrogen) atoms. The summed E-state index contributed by atoms with van der Waals surface area (Å²) in [5.41, 5.74) is 0.606. The van der Waals surface area contributed by atoms with Gasteiger partial charge in [0.05, 0.1) is 0 Å². The molecule has 1 aromatic carbocycles. The number of aryl methyl sites for hydroxylation is 1. The van der Waals surface area contributed by atoms with Gasteiger partial charge in [-0.1, -0.05) is 6.92 Å². The highest BCUT2D eigenvalue weighted by molar-refractivity contribution is 5.22. The van der Waals surface area contributed by atoms with E-state index in [0.29, 0.717) is 12.0 Å². The fourth-order valence-corrected chi connectivity index (χ4v) is 2.33. The zero-order valence-electron chi connectivity index (χ0n) is 11.7. The molecule has 1 unspecified atom stereocenters. The van der Waals surface area contributed by atoms with Gasteiger partial charge in [0, 0.05) is 37.5 Å². The van der Waals surface area contributed by atoms with E-state index in [1.165, 1.54) is 12.1 Å². The summed E-state index contributed by atoms with van der Waals surface area (Å²) in [4.78, 5) is 4.31. The van der Waals surface area contributed by atoms with Crippen LogP contribution in [-0.4, -0.2) is 16.1 Å². The van der Waals surface area contributed by atoms with E-state index in [9.17, 15) is 8.78 Å². The van der Waals surface area contributed by atoms with Crippen molar-refractivity contribution in [2.75, 3.05) is 6.54 Å². The average Bonchev–Trinajstić information content (AvgIpc) is 2.84. The Morgan fingerprint density at radius 3 is 2.50 bits per heavy atom. The van der Waals surface area contributed by atoms with E-state index in [-0.39, 0.29) is 6.04 Å². The van der Waals surface area contributed by atoms with E-state index in [1.807, 2.05) is 24.6 Å². The van der Waals surface area contributed by atoms with Gasteiger partial charge in [-0.15, -0.1) is 0 Å². The van der Waals surface area contributed by atoms with Crippen LogP contribution in [0.1, 0.15) is 31.3 Å². The van der Waals surface area contributed by atoms with Gasteiger partial charge in [-0.2, -0.15) is 0 Å². The van der Waals surface area contributed by atoms with Gasteiger partial charge in [-0.05, 0) is 31.2 Å². The molecule has 0 aliphatic carbocycles. The largest absolute Gasteiger partial charge is 0.335 e. The van der Waals surface area contributed by atoms with E-state index in [4.69, 9.17) is 0 Å². The first-order chi connectivity index (χ1) is 9.63.